The molecule has 0 N–H and O–H groups in total. The van der Waals surface area contributed by atoms with E-state index in [1.54, 1.807) is 0 Å². The number of hydrogen-bond donors (Lipinski definition) is 0. The Morgan fingerprint density at radius 1 is 1.50 bits per heavy atom. The maximum Gasteiger partial charge on any atom is 0.0729 e. The lowest BCUT2D eigenvalue weighted by Gasteiger charge is -2.17. The predicted octanol–water partition coefficient (Wildman–Crippen LogP) is 3.27. The maximum absolute atomic E-state index is 2.25. The molecule has 0 saturated carbocycles. The molecule has 0 aliphatic carbocycles. The molecule has 1 rings (SSSR count). The van der Waals surface area contributed by atoms with Gasteiger partial charge < -0.3 is 0 Å². The first-order valence-electron chi connectivity index (χ1n) is 3.43. The monoisotopic (exact) mass is 172 g/mol. The second kappa shape index (κ2) is 4.14. The van der Waals surface area contributed by atoms with E-state index in [0.29, 0.717) is 9.83 Å². The number of thioether (sulfide) groups is 2. The number of rotatable bonds is 1. The lowest BCUT2D eigenvalue weighted by atomic mass is 10.5. The van der Waals surface area contributed by atoms with Gasteiger partial charge in [0.15, 0.2) is 0 Å². The molecule has 0 bridgehead atoms. The van der Waals surface area contributed by atoms with E-state index < -0.39 is 0 Å². The second-order valence-electron chi connectivity index (χ2n) is 2.20. The Bertz CT molecular complexity index is 149. The molecule has 0 saturated heterocycles. The van der Waals surface area contributed by atoms with E-state index in [0.717, 1.165) is 0 Å². The molecule has 0 radical (unpaired) electrons. The molecule has 10 heavy (non-hydrogen) atoms. The Hall–Kier alpha value is 0.180. The van der Waals surface area contributed by atoms with Gasteiger partial charge in [-0.1, -0.05) is 18.2 Å². The third-order valence-corrected chi connectivity index (χ3v) is 3.68. The second-order valence-corrected chi connectivity index (χ2v) is 5.07. The summed E-state index contributed by atoms with van der Waals surface area (Å²) in [5.41, 5.74) is 0. The summed E-state index contributed by atoms with van der Waals surface area (Å²) in [6, 6.07) is 0. The van der Waals surface area contributed by atoms with Crippen molar-refractivity contribution in [2.75, 3.05) is 0 Å². The van der Waals surface area contributed by atoms with Gasteiger partial charge in [0.1, 0.15) is 0 Å². The largest absolute Gasteiger partial charge is 0.136 e. The average molecular weight is 172 g/mol. The fourth-order valence-corrected chi connectivity index (χ4v) is 3.41. The zero-order valence-electron chi connectivity index (χ0n) is 6.28. The first kappa shape index (κ1) is 8.28. The molecule has 2 heteroatoms. The molecule has 0 aromatic rings. The fourth-order valence-electron chi connectivity index (χ4n) is 0.770. The van der Waals surface area contributed by atoms with Crippen LogP contribution in [0.2, 0.25) is 0 Å². The lowest BCUT2D eigenvalue weighted by molar-refractivity contribution is 1.24. The lowest BCUT2D eigenvalue weighted by Crippen LogP contribution is -2.02. The molecule has 1 aliphatic rings. The summed E-state index contributed by atoms with van der Waals surface area (Å²) >= 11 is 3.89. The van der Waals surface area contributed by atoms with Gasteiger partial charge in [-0.2, -0.15) is 0 Å². The summed E-state index contributed by atoms with van der Waals surface area (Å²) in [5.74, 6) is 0. The van der Waals surface area contributed by atoms with E-state index in [1.165, 1.54) is 0 Å². The molecule has 1 aliphatic heterocycles. The normalized spacial score (nSPS) is 33.4. The van der Waals surface area contributed by atoms with E-state index in [9.17, 15) is 0 Å². The van der Waals surface area contributed by atoms with Crippen LogP contribution < -0.4 is 0 Å². The molecular weight excluding hydrogens is 160 g/mol. The zero-order valence-corrected chi connectivity index (χ0v) is 7.91. The minimum absolute atomic E-state index is 0.644. The van der Waals surface area contributed by atoms with Gasteiger partial charge in [-0.3, -0.25) is 0 Å². The highest BCUT2D eigenvalue weighted by atomic mass is 32.2. The Morgan fingerprint density at radius 3 is 2.90 bits per heavy atom. The highest BCUT2D eigenvalue weighted by Crippen LogP contribution is 2.34. The van der Waals surface area contributed by atoms with Gasteiger partial charge in [0.25, 0.3) is 0 Å². The molecule has 0 aromatic carbocycles. The summed E-state index contributed by atoms with van der Waals surface area (Å²) in [5, 5.41) is 2.88. The van der Waals surface area contributed by atoms with Crippen LogP contribution in [0.15, 0.2) is 23.6 Å². The Kier molecular flexibility index (Phi) is 3.43. The first-order valence-corrected chi connectivity index (χ1v) is 5.32. The van der Waals surface area contributed by atoms with Crippen LogP contribution in [0.4, 0.5) is 0 Å². The van der Waals surface area contributed by atoms with Gasteiger partial charge in [0, 0.05) is 5.25 Å². The van der Waals surface area contributed by atoms with Crippen LogP contribution in [0.3, 0.4) is 0 Å². The van der Waals surface area contributed by atoms with Crippen molar-refractivity contribution < 1.29 is 0 Å². The van der Waals surface area contributed by atoms with E-state index in [-0.39, 0.29) is 0 Å². The first-order chi connectivity index (χ1) is 4.83. The Labute approximate surface area is 71.2 Å². The summed E-state index contributed by atoms with van der Waals surface area (Å²) < 4.78 is 0.644. The van der Waals surface area contributed by atoms with Crippen molar-refractivity contribution in [2.24, 2.45) is 0 Å². The molecular formula is C8H12S2. The van der Waals surface area contributed by atoms with Crippen LogP contribution in [0.25, 0.3) is 0 Å². The van der Waals surface area contributed by atoms with Crippen LogP contribution in [0, 0.1) is 0 Å². The third kappa shape index (κ3) is 2.43. The van der Waals surface area contributed by atoms with Crippen molar-refractivity contribution in [3.05, 3.63) is 23.6 Å². The molecule has 0 fully saturated rings. The molecule has 2 atom stereocenters. The van der Waals surface area contributed by atoms with Crippen LogP contribution in [-0.4, -0.2) is 9.83 Å². The van der Waals surface area contributed by atoms with E-state index >= 15 is 0 Å². The third-order valence-electron chi connectivity index (χ3n) is 1.26. The topological polar surface area (TPSA) is 0 Å². The molecule has 0 aromatic heterocycles. The standard InChI is InChI=1S/C8H12S2/c1-3-4-8-9-6-5-7(2)10-8/h3-8H,1-2H3/b4-3+. The van der Waals surface area contributed by atoms with Crippen molar-refractivity contribution in [3.8, 4) is 0 Å². The SMILES string of the molecule is C/C=C/C1SC=CC(C)S1. The van der Waals surface area contributed by atoms with Gasteiger partial charge >= 0.3 is 0 Å². The summed E-state index contributed by atoms with van der Waals surface area (Å²) in [7, 11) is 0. The number of allylic oxidation sites excluding steroid dienone is 1. The fraction of sp³-hybridized carbons (Fsp3) is 0.500. The molecule has 56 valence electrons. The summed E-state index contributed by atoms with van der Waals surface area (Å²) in [6.45, 7) is 4.31. The molecule has 1 heterocycles. The highest BCUT2D eigenvalue weighted by Gasteiger charge is 2.11. The maximum atomic E-state index is 2.25. The number of hydrogen-bond acceptors (Lipinski definition) is 2. The van der Waals surface area contributed by atoms with E-state index in [4.69, 9.17) is 0 Å². The van der Waals surface area contributed by atoms with Crippen molar-refractivity contribution in [1.29, 1.82) is 0 Å². The van der Waals surface area contributed by atoms with Crippen molar-refractivity contribution >= 4 is 23.5 Å². The van der Waals surface area contributed by atoms with Crippen molar-refractivity contribution in [1.82, 2.24) is 0 Å². The smallest absolute Gasteiger partial charge is 0.0729 e. The molecule has 0 nitrogen and oxygen atoms in total. The zero-order chi connectivity index (χ0) is 7.40. The molecule has 0 amide bonds. The summed E-state index contributed by atoms with van der Waals surface area (Å²) in [4.78, 5) is 0. The van der Waals surface area contributed by atoms with Gasteiger partial charge in [-0.15, -0.1) is 23.5 Å². The average Bonchev–Trinajstić information content (AvgIpc) is 1.88. The van der Waals surface area contributed by atoms with Crippen molar-refractivity contribution in [3.63, 3.8) is 0 Å². The Balaban J connectivity index is 2.44. The van der Waals surface area contributed by atoms with Crippen LogP contribution in [0.5, 0.6) is 0 Å². The van der Waals surface area contributed by atoms with Gasteiger partial charge in [-0.05, 0) is 19.3 Å². The Morgan fingerprint density at radius 2 is 2.30 bits per heavy atom. The minimum atomic E-state index is 0.644. The van der Waals surface area contributed by atoms with E-state index in [2.05, 4.69) is 37.5 Å². The van der Waals surface area contributed by atoms with E-state index in [1.807, 2.05) is 23.5 Å². The van der Waals surface area contributed by atoms with Gasteiger partial charge in [-0.25, -0.2) is 0 Å². The molecule has 0 spiro atoms. The molecule has 2 unspecified atom stereocenters. The quantitative estimate of drug-likeness (QED) is 0.557. The minimum Gasteiger partial charge on any atom is -0.136 e. The van der Waals surface area contributed by atoms with Crippen LogP contribution in [-0.2, 0) is 0 Å². The predicted molar refractivity (Wildman–Crippen MR) is 52.4 cm³/mol. The van der Waals surface area contributed by atoms with Crippen molar-refractivity contribution in [2.45, 2.75) is 23.7 Å². The van der Waals surface area contributed by atoms with Gasteiger partial charge in [0.05, 0.1) is 4.58 Å². The van der Waals surface area contributed by atoms with Crippen LogP contribution >= 0.6 is 23.5 Å². The summed E-state index contributed by atoms with van der Waals surface area (Å²) in [6.07, 6.45) is 6.61. The van der Waals surface area contributed by atoms with Gasteiger partial charge in [0.2, 0.25) is 0 Å². The van der Waals surface area contributed by atoms with Crippen LogP contribution in [0.1, 0.15) is 13.8 Å². The highest BCUT2D eigenvalue weighted by molar-refractivity contribution is 8.19.